The number of amides is 1. The monoisotopic (exact) mass is 363 g/mol. The van der Waals surface area contributed by atoms with Gasteiger partial charge in [-0.05, 0) is 44.6 Å². The van der Waals surface area contributed by atoms with Crippen LogP contribution in [0.4, 0.5) is 4.39 Å². The Bertz CT molecular complexity index is 703. The normalized spacial score (nSPS) is 16.0. The Kier molecular flexibility index (Phi) is 6.88. The molecule has 1 unspecified atom stereocenters. The van der Waals surface area contributed by atoms with Crippen molar-refractivity contribution in [1.29, 1.82) is 0 Å². The van der Waals surface area contributed by atoms with Crippen LogP contribution in [0.1, 0.15) is 49.9 Å². The van der Waals surface area contributed by atoms with E-state index in [-0.39, 0.29) is 12.3 Å². The second kappa shape index (κ2) is 8.91. The van der Waals surface area contributed by atoms with Crippen molar-refractivity contribution in [2.75, 3.05) is 0 Å². The first-order valence-electron chi connectivity index (χ1n) is 8.72. The van der Waals surface area contributed by atoms with Gasteiger partial charge in [0.2, 0.25) is 11.9 Å². The summed E-state index contributed by atoms with van der Waals surface area (Å²) in [5.74, 6) is -1.31. The molecular formula is C19H26FN3O3. The van der Waals surface area contributed by atoms with Crippen LogP contribution in [0.2, 0.25) is 0 Å². The fourth-order valence-electron chi connectivity index (χ4n) is 2.89. The van der Waals surface area contributed by atoms with Gasteiger partial charge in [-0.1, -0.05) is 30.3 Å². The number of nitrogens with two attached hydrogens (primary N) is 1. The van der Waals surface area contributed by atoms with E-state index in [1.807, 2.05) is 30.3 Å². The second-order valence-corrected chi connectivity index (χ2v) is 6.90. The lowest BCUT2D eigenvalue weighted by Gasteiger charge is -2.24. The molecule has 6 nitrogen and oxygen atoms in total. The molecule has 1 amide bonds. The van der Waals surface area contributed by atoms with Crippen molar-refractivity contribution in [2.24, 2.45) is 5.73 Å². The molecule has 5 N–H and O–H groups in total. The molecule has 2 rings (SSSR count). The van der Waals surface area contributed by atoms with Crippen molar-refractivity contribution in [3.8, 4) is 0 Å². The lowest BCUT2D eigenvalue weighted by atomic mass is 9.88. The van der Waals surface area contributed by atoms with Crippen molar-refractivity contribution in [1.82, 2.24) is 9.97 Å². The number of aryl methyl sites for hydroxylation is 1. The topological polar surface area (TPSA) is 112 Å². The van der Waals surface area contributed by atoms with Crippen LogP contribution in [0.3, 0.4) is 0 Å². The van der Waals surface area contributed by atoms with Crippen LogP contribution in [0, 0.1) is 5.95 Å². The average molecular weight is 363 g/mol. The van der Waals surface area contributed by atoms with Gasteiger partial charge < -0.3 is 20.9 Å². The maximum atomic E-state index is 13.3. The van der Waals surface area contributed by atoms with Crippen LogP contribution in [0.25, 0.3) is 0 Å². The Labute approximate surface area is 152 Å². The van der Waals surface area contributed by atoms with E-state index in [9.17, 15) is 19.4 Å². The number of carbonyl (C=O) groups is 1. The zero-order chi connectivity index (χ0) is 19.2. The summed E-state index contributed by atoms with van der Waals surface area (Å²) in [6.45, 7) is 1.35. The lowest BCUT2D eigenvalue weighted by Crippen LogP contribution is -2.41. The molecule has 0 spiro atoms. The van der Waals surface area contributed by atoms with E-state index < -0.39 is 23.6 Å². The first kappa shape index (κ1) is 20.1. The molecule has 0 bridgehead atoms. The van der Waals surface area contributed by atoms with Crippen LogP contribution >= 0.6 is 0 Å². The first-order chi connectivity index (χ1) is 12.3. The zero-order valence-corrected chi connectivity index (χ0v) is 14.9. The second-order valence-electron chi connectivity index (χ2n) is 6.90. The standard InChI is InChI=1S/C19H26FN3O3/c1-19(26,18(21)25)10-9-14(17-22-12-16(20)23-17)11-15(24)8-7-13-5-3-2-4-6-13/h2-6,12,14-15,24,26H,7-11H2,1H3,(H2,21,25)(H,22,23)/t14-,15+,19?/m1/s1. The van der Waals surface area contributed by atoms with Gasteiger partial charge in [-0.2, -0.15) is 4.39 Å². The molecule has 2 aromatic rings. The van der Waals surface area contributed by atoms with Gasteiger partial charge in [0.15, 0.2) is 0 Å². The Hall–Kier alpha value is -2.25. The van der Waals surface area contributed by atoms with Crippen molar-refractivity contribution in [3.63, 3.8) is 0 Å². The molecule has 1 aromatic heterocycles. The number of aromatic amines is 1. The van der Waals surface area contributed by atoms with E-state index in [0.717, 1.165) is 18.2 Å². The van der Waals surface area contributed by atoms with Gasteiger partial charge in [0.1, 0.15) is 11.4 Å². The maximum Gasteiger partial charge on any atom is 0.249 e. The average Bonchev–Trinajstić information content (AvgIpc) is 3.04. The Morgan fingerprint density at radius 1 is 1.35 bits per heavy atom. The smallest absolute Gasteiger partial charge is 0.249 e. The first-order valence-corrected chi connectivity index (χ1v) is 8.72. The van der Waals surface area contributed by atoms with E-state index in [2.05, 4.69) is 9.97 Å². The molecule has 7 heteroatoms. The predicted molar refractivity (Wildman–Crippen MR) is 95.7 cm³/mol. The fraction of sp³-hybridized carbons (Fsp3) is 0.474. The number of halogens is 1. The maximum absolute atomic E-state index is 13.3. The summed E-state index contributed by atoms with van der Waals surface area (Å²) in [5, 5.41) is 20.4. The molecule has 0 fully saturated rings. The molecule has 0 aliphatic heterocycles. The summed E-state index contributed by atoms with van der Waals surface area (Å²) in [4.78, 5) is 17.8. The van der Waals surface area contributed by atoms with E-state index in [1.165, 1.54) is 6.92 Å². The molecule has 0 saturated heterocycles. The third kappa shape index (κ3) is 5.93. The number of nitrogens with one attached hydrogen (secondary N) is 1. The number of carbonyl (C=O) groups excluding carboxylic acids is 1. The number of H-pyrrole nitrogens is 1. The fourth-order valence-corrected chi connectivity index (χ4v) is 2.89. The predicted octanol–water partition coefficient (Wildman–Crippen LogP) is 2.03. The molecule has 142 valence electrons. The van der Waals surface area contributed by atoms with Gasteiger partial charge in [-0.25, -0.2) is 4.98 Å². The highest BCUT2D eigenvalue weighted by Crippen LogP contribution is 2.28. The number of hydrogen-bond donors (Lipinski definition) is 4. The van der Waals surface area contributed by atoms with Crippen LogP contribution in [0.5, 0.6) is 0 Å². The minimum absolute atomic E-state index is 0.0979. The molecule has 0 saturated carbocycles. The number of aliphatic hydroxyl groups excluding tert-OH is 1. The highest BCUT2D eigenvalue weighted by atomic mass is 19.1. The SMILES string of the molecule is CC(O)(CC[C@H](C[C@@H](O)CCc1ccccc1)c1ncc(F)[nH]1)C(N)=O. The minimum atomic E-state index is -1.65. The van der Waals surface area contributed by atoms with Crippen LogP contribution in [-0.2, 0) is 11.2 Å². The number of primary amides is 1. The third-order valence-electron chi connectivity index (χ3n) is 4.63. The number of rotatable bonds is 10. The molecule has 0 radical (unpaired) electrons. The van der Waals surface area contributed by atoms with E-state index in [4.69, 9.17) is 5.73 Å². The van der Waals surface area contributed by atoms with E-state index in [1.54, 1.807) is 0 Å². The largest absolute Gasteiger partial charge is 0.393 e. The summed E-state index contributed by atoms with van der Waals surface area (Å²) < 4.78 is 13.3. The van der Waals surface area contributed by atoms with Crippen LogP contribution in [0.15, 0.2) is 36.5 Å². The van der Waals surface area contributed by atoms with Gasteiger partial charge in [0, 0.05) is 5.92 Å². The van der Waals surface area contributed by atoms with Crippen molar-refractivity contribution in [3.05, 3.63) is 53.9 Å². The molecular weight excluding hydrogens is 337 g/mol. The summed E-state index contributed by atoms with van der Waals surface area (Å²) in [5.41, 5.74) is 4.66. The van der Waals surface area contributed by atoms with Gasteiger partial charge >= 0.3 is 0 Å². The summed E-state index contributed by atoms with van der Waals surface area (Å²) in [7, 11) is 0. The highest BCUT2D eigenvalue weighted by molar-refractivity contribution is 5.82. The third-order valence-corrected chi connectivity index (χ3v) is 4.63. The number of nitrogens with zero attached hydrogens (tertiary/aromatic N) is 1. The van der Waals surface area contributed by atoms with Gasteiger partial charge in [0.25, 0.3) is 0 Å². The van der Waals surface area contributed by atoms with Crippen molar-refractivity contribution in [2.45, 2.75) is 56.7 Å². The number of aromatic nitrogens is 2. The Morgan fingerprint density at radius 2 is 2.04 bits per heavy atom. The summed E-state index contributed by atoms with van der Waals surface area (Å²) in [6.07, 6.45) is 2.51. The number of aliphatic hydroxyl groups is 2. The number of imidazole rings is 1. The summed E-state index contributed by atoms with van der Waals surface area (Å²) >= 11 is 0. The number of hydrogen-bond acceptors (Lipinski definition) is 4. The van der Waals surface area contributed by atoms with Crippen molar-refractivity contribution < 1.29 is 19.4 Å². The molecule has 1 heterocycles. The number of benzene rings is 1. The van der Waals surface area contributed by atoms with Crippen LogP contribution < -0.4 is 5.73 Å². The Morgan fingerprint density at radius 3 is 2.62 bits per heavy atom. The van der Waals surface area contributed by atoms with Gasteiger partial charge in [-0.15, -0.1) is 0 Å². The minimum Gasteiger partial charge on any atom is -0.393 e. The van der Waals surface area contributed by atoms with Crippen molar-refractivity contribution >= 4 is 5.91 Å². The zero-order valence-electron chi connectivity index (χ0n) is 14.9. The molecule has 1 aromatic carbocycles. The molecule has 3 atom stereocenters. The quantitative estimate of drug-likeness (QED) is 0.517. The molecule has 0 aliphatic rings. The summed E-state index contributed by atoms with van der Waals surface area (Å²) in [6, 6.07) is 9.82. The molecule has 26 heavy (non-hydrogen) atoms. The van der Waals surface area contributed by atoms with E-state index in [0.29, 0.717) is 25.1 Å². The lowest BCUT2D eigenvalue weighted by molar-refractivity contribution is -0.135. The Balaban J connectivity index is 1.98. The van der Waals surface area contributed by atoms with Crippen LogP contribution in [-0.4, -0.2) is 37.8 Å². The van der Waals surface area contributed by atoms with E-state index >= 15 is 0 Å². The van der Waals surface area contributed by atoms with Gasteiger partial charge in [-0.3, -0.25) is 4.79 Å². The highest BCUT2D eigenvalue weighted by Gasteiger charge is 2.30. The van der Waals surface area contributed by atoms with Gasteiger partial charge in [0.05, 0.1) is 12.3 Å². The molecule has 0 aliphatic carbocycles.